The Balaban J connectivity index is 8.66. The molecular weight excluding hydrogens is 1620 g/mol. The molecular formula is C32F65. The van der Waals surface area contributed by atoms with Crippen LogP contribution in [0.25, 0.3) is 0 Å². The Kier molecular flexibility index (Phi) is 21.0. The molecule has 0 aliphatic rings. The molecule has 0 spiro atoms. The number of hydrogen-bond donors (Lipinski definition) is 0. The van der Waals surface area contributed by atoms with Crippen molar-refractivity contribution in [2.24, 2.45) is 0 Å². The lowest BCUT2D eigenvalue weighted by Gasteiger charge is -2.49. The zero-order valence-electron chi connectivity index (χ0n) is 40.6. The highest BCUT2D eigenvalue weighted by Gasteiger charge is 3.07. The van der Waals surface area contributed by atoms with Gasteiger partial charge in [-0.15, -0.1) is 0 Å². The molecule has 1 unspecified atom stereocenters. The summed E-state index contributed by atoms with van der Waals surface area (Å²) in [4.78, 5) is 0. The van der Waals surface area contributed by atoms with E-state index in [1.165, 1.54) is 0 Å². The topological polar surface area (TPSA) is 0 Å². The minimum absolute atomic E-state index is 7.67. The van der Waals surface area contributed by atoms with E-state index in [9.17, 15) is 285 Å². The second-order valence-electron chi connectivity index (χ2n) is 18.0. The van der Waals surface area contributed by atoms with Gasteiger partial charge in [-0.25, -0.2) is 4.39 Å². The van der Waals surface area contributed by atoms with Gasteiger partial charge in [0.25, 0.3) is 0 Å². The molecule has 0 saturated heterocycles. The van der Waals surface area contributed by atoms with Gasteiger partial charge in [0.1, 0.15) is 0 Å². The van der Waals surface area contributed by atoms with E-state index < -0.39 is 190 Å². The summed E-state index contributed by atoms with van der Waals surface area (Å²) in [6, 6.07) is 0. The molecule has 1 radical (unpaired) electrons. The molecule has 0 aliphatic carbocycles. The fraction of sp³-hybridized carbons (Fsp3) is 0.969. The first-order valence-corrected chi connectivity index (χ1v) is 20.0. The molecule has 0 bridgehead atoms. The summed E-state index contributed by atoms with van der Waals surface area (Å²) in [7, 11) is 0. The van der Waals surface area contributed by atoms with Crippen LogP contribution >= 0.6 is 0 Å². The van der Waals surface area contributed by atoms with Crippen LogP contribution in [0.5, 0.6) is 0 Å². The second kappa shape index (κ2) is 22.0. The molecule has 0 aromatic carbocycles. The standard InChI is InChI=1S/C32F65/c33-1(34)2(35,4(38,39)6(42,43)8(46,47)10(50,51)12(54,55)14(58,59)16(62,63)19(68,69)21(72,73)23(76,77)25(80,81)27(84,85)29(88,89)31(92,93)94)3(36,37)5(40,41)7(44,45)9(48,49)11(52,53)13(56,57)15(60,61)17(64,65)18(66,67)20(70,71)22(74,75)24(78,79)26(82,83)28(86,87)30(90,91)32(95,96)97. The van der Waals surface area contributed by atoms with E-state index in [0.717, 1.165) is 0 Å². The summed E-state index contributed by atoms with van der Waals surface area (Å²) in [5, 5.41) is 0. The molecule has 0 fully saturated rings. The van der Waals surface area contributed by atoms with E-state index in [-0.39, 0.29) is 0 Å². The summed E-state index contributed by atoms with van der Waals surface area (Å²) in [6.45, 7) is 0. The Morgan fingerprint density at radius 3 is 0.216 bits per heavy atom. The molecule has 65 heteroatoms. The molecule has 0 aromatic rings. The molecule has 0 amide bonds. The monoisotopic (exact) mass is 1620 g/mol. The Labute approximate surface area is 477 Å². The lowest BCUT2D eigenvalue weighted by Crippen LogP contribution is -2.82. The first-order valence-electron chi connectivity index (χ1n) is 20.0. The van der Waals surface area contributed by atoms with Crippen molar-refractivity contribution in [3.05, 3.63) is 6.43 Å². The predicted molar refractivity (Wildman–Crippen MR) is 160 cm³/mol. The van der Waals surface area contributed by atoms with E-state index in [4.69, 9.17) is 0 Å². The Morgan fingerprint density at radius 1 is 0.0928 bits per heavy atom. The van der Waals surface area contributed by atoms with Crippen molar-refractivity contribution in [2.45, 2.75) is 184 Å². The Hall–Kier alpha value is -4.55. The van der Waals surface area contributed by atoms with Gasteiger partial charge >= 0.3 is 190 Å². The summed E-state index contributed by atoms with van der Waals surface area (Å²) >= 11 is 0. The van der Waals surface area contributed by atoms with Crippen LogP contribution in [0.1, 0.15) is 0 Å². The third-order valence-corrected chi connectivity index (χ3v) is 12.1. The largest absolute Gasteiger partial charge is 0.460 e. The Bertz CT molecular complexity index is 2810. The average Bonchev–Trinajstić information content (AvgIpc) is 0.681. The number of hydrogen-bond acceptors (Lipinski definition) is 0. The quantitative estimate of drug-likeness (QED) is 0.0655. The lowest BCUT2D eigenvalue weighted by molar-refractivity contribution is -0.496. The normalized spacial score (nSPS) is 18.1. The fourth-order valence-corrected chi connectivity index (χ4v) is 5.96. The zero-order chi connectivity index (χ0) is 81.1. The maximum atomic E-state index is 14.9. The van der Waals surface area contributed by atoms with Crippen LogP contribution in [-0.2, 0) is 0 Å². The highest BCUT2D eigenvalue weighted by molar-refractivity contribution is 5.29. The van der Waals surface area contributed by atoms with Gasteiger partial charge < -0.3 is 0 Å². The maximum absolute atomic E-state index is 14.9. The smallest absolute Gasteiger partial charge is 0.223 e. The van der Waals surface area contributed by atoms with E-state index in [1.807, 2.05) is 0 Å². The minimum atomic E-state index is -11.4. The average molecular weight is 1620 g/mol. The summed E-state index contributed by atoms with van der Waals surface area (Å²) in [6.07, 6.45) is -25.2. The Morgan fingerprint density at radius 2 is 0.155 bits per heavy atom. The predicted octanol–water partition coefficient (Wildman–Crippen LogP) is 21.0. The summed E-state index contributed by atoms with van der Waals surface area (Å²) < 4.78 is 899. The SMILES string of the molecule is F[C](F)C(F)(C(F)(F)C(F)(F)C(F)(F)C(F)(F)C(F)(F)C(F)(F)C(F)(F)C(F)(F)C(F)(F)C(F)(F)C(F)(F)C(F)(F)C(F)(F)C(F)(F)F)C(F)(F)C(F)(F)C(F)(F)C(F)(F)C(F)(F)C(F)(F)C(F)(F)C(F)(F)C(F)(F)C(F)(F)C(F)(F)C(F)(F)C(F)(F)C(F)(F)C(F)(F)C(F)(F)F. The molecule has 0 aliphatic heterocycles. The van der Waals surface area contributed by atoms with Crippen LogP contribution in [0.15, 0.2) is 0 Å². The molecule has 1 atom stereocenters. The molecule has 0 heterocycles. The van der Waals surface area contributed by atoms with Crippen molar-refractivity contribution in [3.63, 3.8) is 0 Å². The third-order valence-electron chi connectivity index (χ3n) is 12.1. The van der Waals surface area contributed by atoms with Crippen molar-refractivity contribution in [1.29, 1.82) is 0 Å². The highest BCUT2D eigenvalue weighted by Crippen LogP contribution is 2.75. The lowest BCUT2D eigenvalue weighted by atomic mass is 9.76. The number of halogens is 65. The van der Waals surface area contributed by atoms with E-state index >= 15 is 0 Å². The highest BCUT2D eigenvalue weighted by atomic mass is 19.5. The third kappa shape index (κ3) is 9.93. The van der Waals surface area contributed by atoms with Gasteiger partial charge in [-0.05, 0) is 0 Å². The fourth-order valence-electron chi connectivity index (χ4n) is 5.96. The molecule has 0 rings (SSSR count). The molecule has 0 N–H and O–H groups in total. The van der Waals surface area contributed by atoms with Crippen LogP contribution in [0.3, 0.4) is 0 Å². The zero-order valence-corrected chi connectivity index (χ0v) is 40.6. The van der Waals surface area contributed by atoms with Crippen LogP contribution in [0.4, 0.5) is 285 Å². The second-order valence-corrected chi connectivity index (χ2v) is 18.0. The van der Waals surface area contributed by atoms with Crippen molar-refractivity contribution < 1.29 is 285 Å². The first-order chi connectivity index (χ1) is 40.4. The van der Waals surface area contributed by atoms with Gasteiger partial charge in [-0.1, -0.05) is 0 Å². The minimum Gasteiger partial charge on any atom is -0.223 e. The maximum Gasteiger partial charge on any atom is 0.460 e. The van der Waals surface area contributed by atoms with Crippen LogP contribution in [0, 0.1) is 6.43 Å². The molecule has 583 valence electrons. The van der Waals surface area contributed by atoms with Gasteiger partial charge in [-0.2, -0.15) is 281 Å². The number of rotatable bonds is 29. The van der Waals surface area contributed by atoms with Crippen molar-refractivity contribution in [3.8, 4) is 0 Å². The van der Waals surface area contributed by atoms with Crippen LogP contribution < -0.4 is 0 Å². The van der Waals surface area contributed by atoms with Crippen molar-refractivity contribution in [2.75, 3.05) is 0 Å². The van der Waals surface area contributed by atoms with Gasteiger partial charge in [0, 0.05) is 0 Å². The summed E-state index contributed by atoms with van der Waals surface area (Å²) in [5.74, 6) is -303. The van der Waals surface area contributed by atoms with Gasteiger partial charge in [0.05, 0.1) is 0 Å². The number of alkyl halides is 63. The molecule has 97 heavy (non-hydrogen) atoms. The van der Waals surface area contributed by atoms with Gasteiger partial charge in [0.2, 0.25) is 0 Å². The summed E-state index contributed by atoms with van der Waals surface area (Å²) in [5.41, 5.74) is -11.2. The van der Waals surface area contributed by atoms with Gasteiger partial charge in [0.15, 0.2) is 0 Å². The van der Waals surface area contributed by atoms with E-state index in [2.05, 4.69) is 0 Å². The van der Waals surface area contributed by atoms with E-state index in [0.29, 0.717) is 0 Å². The van der Waals surface area contributed by atoms with Crippen molar-refractivity contribution in [1.82, 2.24) is 0 Å². The van der Waals surface area contributed by atoms with Crippen LogP contribution in [0.2, 0.25) is 0 Å². The van der Waals surface area contributed by atoms with E-state index in [1.54, 1.807) is 0 Å². The molecule has 0 nitrogen and oxygen atoms in total. The van der Waals surface area contributed by atoms with Crippen LogP contribution in [-0.4, -0.2) is 184 Å². The van der Waals surface area contributed by atoms with Crippen molar-refractivity contribution >= 4 is 0 Å². The first kappa shape index (κ1) is 92.4. The molecule has 0 aromatic heterocycles. The molecule has 0 saturated carbocycles. The van der Waals surface area contributed by atoms with Gasteiger partial charge in [-0.3, -0.25) is 0 Å².